The number of amides is 2. The highest BCUT2D eigenvalue weighted by molar-refractivity contribution is 7.91. The number of benzene rings is 1. The lowest BCUT2D eigenvalue weighted by atomic mass is 9.98. The van der Waals surface area contributed by atoms with Gasteiger partial charge in [0, 0.05) is 19.6 Å². The predicted molar refractivity (Wildman–Crippen MR) is 99.0 cm³/mol. The van der Waals surface area contributed by atoms with Crippen LogP contribution in [0.25, 0.3) is 0 Å². The van der Waals surface area contributed by atoms with Gasteiger partial charge in [-0.3, -0.25) is 0 Å². The lowest BCUT2D eigenvalue weighted by Gasteiger charge is -2.31. The number of carbonyl (C=O) groups excluding carboxylic acids is 1. The minimum Gasteiger partial charge on any atom is -0.339 e. The monoisotopic (exact) mass is 392 g/mol. The smallest absolute Gasteiger partial charge is 0.317 e. The van der Waals surface area contributed by atoms with Gasteiger partial charge in [0.1, 0.15) is 0 Å². The molecule has 2 heterocycles. The molecular formula is C18H24N4O4S. The molecule has 2 amide bonds. The first-order chi connectivity index (χ1) is 12.9. The van der Waals surface area contributed by atoms with Crippen molar-refractivity contribution in [1.29, 1.82) is 0 Å². The van der Waals surface area contributed by atoms with E-state index in [0.29, 0.717) is 36.2 Å². The van der Waals surface area contributed by atoms with Crippen LogP contribution in [0.1, 0.15) is 43.0 Å². The van der Waals surface area contributed by atoms with Crippen molar-refractivity contribution in [3.8, 4) is 0 Å². The molecule has 1 atom stereocenters. The Morgan fingerprint density at radius 2 is 2.07 bits per heavy atom. The SMILES string of the molecule is CCS(=O)(=O)c1ccc(CNC(=O)N2CCCC(c3nc(C)no3)C2)cc1. The van der Waals surface area contributed by atoms with Crippen molar-refractivity contribution in [2.45, 2.75) is 44.0 Å². The van der Waals surface area contributed by atoms with Crippen LogP contribution in [0.15, 0.2) is 33.7 Å². The number of sulfone groups is 1. The predicted octanol–water partition coefficient (Wildman–Crippen LogP) is 2.26. The number of piperidine rings is 1. The Bertz CT molecular complexity index is 892. The number of hydrogen-bond donors (Lipinski definition) is 1. The third kappa shape index (κ3) is 4.65. The number of hydrogen-bond acceptors (Lipinski definition) is 6. The molecule has 1 aromatic heterocycles. The molecule has 0 radical (unpaired) electrons. The zero-order valence-electron chi connectivity index (χ0n) is 15.5. The van der Waals surface area contributed by atoms with Gasteiger partial charge in [0.2, 0.25) is 5.89 Å². The summed E-state index contributed by atoms with van der Waals surface area (Å²) in [6.07, 6.45) is 1.79. The molecule has 0 spiro atoms. The molecule has 8 nitrogen and oxygen atoms in total. The third-order valence-electron chi connectivity index (χ3n) is 4.71. The van der Waals surface area contributed by atoms with Gasteiger partial charge < -0.3 is 14.7 Å². The Morgan fingerprint density at radius 1 is 1.33 bits per heavy atom. The third-order valence-corrected chi connectivity index (χ3v) is 6.46. The van der Waals surface area contributed by atoms with Gasteiger partial charge in [-0.15, -0.1) is 0 Å². The summed E-state index contributed by atoms with van der Waals surface area (Å²) in [5, 5.41) is 6.71. The van der Waals surface area contributed by atoms with Crippen LogP contribution in [0.3, 0.4) is 0 Å². The summed E-state index contributed by atoms with van der Waals surface area (Å²) in [6, 6.07) is 6.46. The van der Waals surface area contributed by atoms with E-state index < -0.39 is 9.84 Å². The van der Waals surface area contributed by atoms with Crippen molar-refractivity contribution < 1.29 is 17.7 Å². The van der Waals surface area contributed by atoms with E-state index >= 15 is 0 Å². The van der Waals surface area contributed by atoms with Gasteiger partial charge in [0.25, 0.3) is 0 Å². The van der Waals surface area contributed by atoms with Crippen LogP contribution in [-0.4, -0.2) is 48.3 Å². The van der Waals surface area contributed by atoms with Crippen molar-refractivity contribution in [1.82, 2.24) is 20.4 Å². The Kier molecular flexibility index (Phi) is 5.79. The maximum Gasteiger partial charge on any atom is 0.317 e. The molecule has 1 N–H and O–H groups in total. The fourth-order valence-electron chi connectivity index (χ4n) is 3.11. The minimum absolute atomic E-state index is 0.0595. The zero-order valence-corrected chi connectivity index (χ0v) is 16.3. The van der Waals surface area contributed by atoms with Crippen LogP contribution >= 0.6 is 0 Å². The van der Waals surface area contributed by atoms with E-state index in [-0.39, 0.29) is 17.7 Å². The van der Waals surface area contributed by atoms with Gasteiger partial charge in [-0.2, -0.15) is 4.98 Å². The molecule has 1 aliphatic rings. The summed E-state index contributed by atoms with van der Waals surface area (Å²) in [5.41, 5.74) is 0.847. The molecular weight excluding hydrogens is 368 g/mol. The maximum absolute atomic E-state index is 12.5. The summed E-state index contributed by atoms with van der Waals surface area (Å²) < 4.78 is 28.9. The molecule has 0 saturated carbocycles. The number of nitrogens with one attached hydrogen (secondary N) is 1. The second-order valence-electron chi connectivity index (χ2n) is 6.67. The molecule has 27 heavy (non-hydrogen) atoms. The summed E-state index contributed by atoms with van der Waals surface area (Å²) in [5.74, 6) is 1.31. The van der Waals surface area contributed by atoms with Crippen LogP contribution in [0.2, 0.25) is 0 Å². The molecule has 0 aliphatic carbocycles. The van der Waals surface area contributed by atoms with Crippen LogP contribution in [0, 0.1) is 6.92 Å². The summed E-state index contributed by atoms with van der Waals surface area (Å²) in [4.78, 5) is 18.8. The number of aryl methyl sites for hydroxylation is 1. The average molecular weight is 392 g/mol. The second kappa shape index (κ2) is 8.08. The van der Waals surface area contributed by atoms with E-state index in [2.05, 4.69) is 15.5 Å². The molecule has 9 heteroatoms. The molecule has 1 aliphatic heterocycles. The zero-order chi connectivity index (χ0) is 19.4. The largest absolute Gasteiger partial charge is 0.339 e. The van der Waals surface area contributed by atoms with Gasteiger partial charge in [-0.1, -0.05) is 24.2 Å². The Labute approximate surface area is 158 Å². The summed E-state index contributed by atoms with van der Waals surface area (Å²) in [7, 11) is -3.21. The normalized spacial score (nSPS) is 17.7. The maximum atomic E-state index is 12.5. The lowest BCUT2D eigenvalue weighted by Crippen LogP contribution is -2.44. The van der Waals surface area contributed by atoms with Crippen LogP contribution in [-0.2, 0) is 16.4 Å². The van der Waals surface area contributed by atoms with Crippen molar-refractivity contribution in [2.75, 3.05) is 18.8 Å². The van der Waals surface area contributed by atoms with Gasteiger partial charge in [-0.25, -0.2) is 13.2 Å². The van der Waals surface area contributed by atoms with Crippen LogP contribution in [0.4, 0.5) is 4.79 Å². The van der Waals surface area contributed by atoms with Crippen molar-refractivity contribution >= 4 is 15.9 Å². The van der Waals surface area contributed by atoms with Gasteiger partial charge in [0.05, 0.1) is 16.6 Å². The van der Waals surface area contributed by atoms with E-state index in [0.717, 1.165) is 18.4 Å². The van der Waals surface area contributed by atoms with Crippen molar-refractivity contribution in [3.63, 3.8) is 0 Å². The molecule has 1 aromatic carbocycles. The molecule has 1 saturated heterocycles. The van der Waals surface area contributed by atoms with Gasteiger partial charge >= 0.3 is 6.03 Å². The standard InChI is InChI=1S/C18H24N4O4S/c1-3-27(24,25)16-8-6-14(7-9-16)11-19-18(23)22-10-4-5-15(12-22)17-20-13(2)21-26-17/h6-9,15H,3-5,10-12H2,1-2H3,(H,19,23). The quantitative estimate of drug-likeness (QED) is 0.837. The van der Waals surface area contributed by atoms with Crippen molar-refractivity contribution in [2.24, 2.45) is 0 Å². The number of likely N-dealkylation sites (tertiary alicyclic amines) is 1. The topological polar surface area (TPSA) is 105 Å². The van der Waals surface area contributed by atoms with E-state index in [4.69, 9.17) is 4.52 Å². The number of carbonyl (C=O) groups is 1. The molecule has 1 unspecified atom stereocenters. The second-order valence-corrected chi connectivity index (χ2v) is 8.95. The fraction of sp³-hybridized carbons (Fsp3) is 0.500. The highest BCUT2D eigenvalue weighted by Gasteiger charge is 2.28. The van der Waals surface area contributed by atoms with Gasteiger partial charge in [-0.05, 0) is 37.5 Å². The van der Waals surface area contributed by atoms with Crippen LogP contribution in [0.5, 0.6) is 0 Å². The molecule has 0 bridgehead atoms. The van der Waals surface area contributed by atoms with E-state index in [1.807, 2.05) is 0 Å². The summed E-state index contributed by atoms with van der Waals surface area (Å²) >= 11 is 0. The molecule has 3 rings (SSSR count). The average Bonchev–Trinajstić information content (AvgIpc) is 3.13. The Hall–Kier alpha value is -2.42. The summed E-state index contributed by atoms with van der Waals surface area (Å²) in [6.45, 7) is 4.96. The number of nitrogens with zero attached hydrogens (tertiary/aromatic N) is 3. The first-order valence-electron chi connectivity index (χ1n) is 9.03. The Balaban J connectivity index is 1.56. The first-order valence-corrected chi connectivity index (χ1v) is 10.7. The highest BCUT2D eigenvalue weighted by Crippen LogP contribution is 2.25. The molecule has 1 fully saturated rings. The lowest BCUT2D eigenvalue weighted by molar-refractivity contribution is 0.171. The van der Waals surface area contributed by atoms with E-state index in [1.54, 1.807) is 43.0 Å². The highest BCUT2D eigenvalue weighted by atomic mass is 32.2. The molecule has 2 aromatic rings. The Morgan fingerprint density at radius 3 is 2.70 bits per heavy atom. The fourth-order valence-corrected chi connectivity index (χ4v) is 4.00. The van der Waals surface area contributed by atoms with Crippen LogP contribution < -0.4 is 5.32 Å². The molecule has 146 valence electrons. The number of rotatable bonds is 5. The minimum atomic E-state index is -3.21. The van der Waals surface area contributed by atoms with Crippen molar-refractivity contribution in [3.05, 3.63) is 41.5 Å². The number of urea groups is 1. The first kappa shape index (κ1) is 19.3. The van der Waals surface area contributed by atoms with Gasteiger partial charge in [0.15, 0.2) is 15.7 Å². The van der Waals surface area contributed by atoms with E-state index in [9.17, 15) is 13.2 Å². The number of aromatic nitrogens is 2. The van der Waals surface area contributed by atoms with E-state index in [1.165, 1.54) is 0 Å².